The van der Waals surface area contributed by atoms with Crippen LogP contribution in [0.1, 0.15) is 18.1 Å². The summed E-state index contributed by atoms with van der Waals surface area (Å²) in [6.45, 7) is 6.16. The van der Waals surface area contributed by atoms with E-state index in [9.17, 15) is 4.79 Å². The zero-order chi connectivity index (χ0) is 16.4. The lowest BCUT2D eigenvalue weighted by Crippen LogP contribution is -2.23. The predicted octanol–water partition coefficient (Wildman–Crippen LogP) is 2.03. The predicted molar refractivity (Wildman–Crippen MR) is 87.8 cm³/mol. The summed E-state index contributed by atoms with van der Waals surface area (Å²) in [5.74, 6) is 0. The first-order valence-electron chi connectivity index (χ1n) is 6.87. The molecule has 23 heavy (non-hydrogen) atoms. The molecule has 0 spiro atoms. The molecule has 0 aliphatic heterocycles. The average Bonchev–Trinajstić information content (AvgIpc) is 3.16. The summed E-state index contributed by atoms with van der Waals surface area (Å²) in [6, 6.07) is 5.60. The highest BCUT2D eigenvalue weighted by Gasteiger charge is 2.16. The van der Waals surface area contributed by atoms with Gasteiger partial charge in [-0.05, 0) is 29.0 Å². The Morgan fingerprint density at radius 1 is 1.39 bits per heavy atom. The van der Waals surface area contributed by atoms with Gasteiger partial charge < -0.3 is 4.74 Å². The lowest BCUT2D eigenvalue weighted by Gasteiger charge is -2.14. The van der Waals surface area contributed by atoms with E-state index >= 15 is 0 Å². The van der Waals surface area contributed by atoms with Gasteiger partial charge in [0, 0.05) is 24.2 Å². The van der Waals surface area contributed by atoms with Crippen molar-refractivity contribution in [1.29, 1.82) is 0 Å². The minimum Gasteiger partial charge on any atom is -0.465 e. The summed E-state index contributed by atoms with van der Waals surface area (Å²) in [6.07, 6.45) is 1.68. The fourth-order valence-electron chi connectivity index (χ4n) is 2.20. The van der Waals surface area contributed by atoms with E-state index in [-0.39, 0.29) is 12.3 Å². The van der Waals surface area contributed by atoms with Gasteiger partial charge in [-0.25, -0.2) is 9.78 Å². The van der Waals surface area contributed by atoms with Gasteiger partial charge in [0.1, 0.15) is 6.61 Å². The maximum absolute atomic E-state index is 12.2. The van der Waals surface area contributed by atoms with Crippen molar-refractivity contribution in [2.24, 2.45) is 7.05 Å². The van der Waals surface area contributed by atoms with Gasteiger partial charge in [-0.1, -0.05) is 35.6 Å². The van der Waals surface area contributed by atoms with Gasteiger partial charge in [-0.2, -0.15) is 9.36 Å². The third-order valence-electron chi connectivity index (χ3n) is 3.31. The molecular formula is C15H15N5O2S. The van der Waals surface area contributed by atoms with Crippen LogP contribution in [0.15, 0.2) is 41.1 Å². The van der Waals surface area contributed by atoms with Crippen LogP contribution in [0.3, 0.4) is 0 Å². The van der Waals surface area contributed by atoms with Gasteiger partial charge in [0.05, 0.1) is 5.69 Å². The van der Waals surface area contributed by atoms with Crippen molar-refractivity contribution < 1.29 is 4.74 Å². The van der Waals surface area contributed by atoms with E-state index in [0.717, 1.165) is 16.7 Å². The molecule has 0 N–H and O–H groups in total. The summed E-state index contributed by atoms with van der Waals surface area (Å²) >= 11 is 1.41. The Bertz CT molecular complexity index is 895. The van der Waals surface area contributed by atoms with E-state index in [0.29, 0.717) is 10.9 Å². The van der Waals surface area contributed by atoms with Crippen LogP contribution < -0.4 is 10.4 Å². The second-order valence-electron chi connectivity index (χ2n) is 4.97. The highest BCUT2D eigenvalue weighted by atomic mass is 32.1. The normalized spacial score (nSPS) is 10.7. The van der Waals surface area contributed by atoms with Crippen LogP contribution in [0.25, 0.3) is 11.3 Å². The topological polar surface area (TPSA) is 74.8 Å². The number of tetrazole rings is 1. The Kier molecular flexibility index (Phi) is 4.07. The molecule has 2 heterocycles. The molecule has 0 aliphatic rings. The Hall–Kier alpha value is -2.74. The Labute approximate surface area is 136 Å². The second-order valence-corrected chi connectivity index (χ2v) is 5.82. The Morgan fingerprint density at radius 2 is 2.22 bits per heavy atom. The summed E-state index contributed by atoms with van der Waals surface area (Å²) in [5, 5.41) is 10.1. The molecule has 3 rings (SSSR count). The number of aryl methyl sites for hydroxylation is 1. The van der Waals surface area contributed by atoms with Gasteiger partial charge in [0.25, 0.3) is 5.19 Å². The zero-order valence-electron chi connectivity index (χ0n) is 12.8. The number of hydrogen-bond donors (Lipinski definition) is 0. The molecule has 0 bridgehead atoms. The van der Waals surface area contributed by atoms with Crippen LogP contribution in [0.4, 0.5) is 0 Å². The summed E-state index contributed by atoms with van der Waals surface area (Å²) in [7, 11) is 1.56. The summed E-state index contributed by atoms with van der Waals surface area (Å²) in [5.41, 5.74) is 2.91. The molecule has 3 aromatic rings. The number of thiazole rings is 1. The van der Waals surface area contributed by atoms with Gasteiger partial charge in [-0.3, -0.25) is 0 Å². The molecule has 2 aromatic heterocycles. The maximum Gasteiger partial charge on any atom is 0.368 e. The third-order valence-corrected chi connectivity index (χ3v) is 3.99. The molecule has 0 radical (unpaired) electrons. The van der Waals surface area contributed by atoms with Crippen molar-refractivity contribution in [1.82, 2.24) is 24.8 Å². The van der Waals surface area contributed by atoms with Gasteiger partial charge in [-0.15, -0.1) is 0 Å². The van der Waals surface area contributed by atoms with E-state index in [1.54, 1.807) is 13.2 Å². The van der Waals surface area contributed by atoms with E-state index < -0.39 is 0 Å². The van der Waals surface area contributed by atoms with E-state index in [4.69, 9.17) is 4.74 Å². The van der Waals surface area contributed by atoms with Crippen LogP contribution >= 0.6 is 11.3 Å². The number of nitrogens with zero attached hydrogens (tertiary/aromatic N) is 5. The monoisotopic (exact) mass is 329 g/mol. The van der Waals surface area contributed by atoms with Crippen LogP contribution in [0.5, 0.6) is 5.19 Å². The number of ether oxygens (including phenoxy) is 1. The largest absolute Gasteiger partial charge is 0.465 e. The van der Waals surface area contributed by atoms with Crippen molar-refractivity contribution in [3.8, 4) is 10.9 Å². The Morgan fingerprint density at radius 3 is 2.83 bits per heavy atom. The van der Waals surface area contributed by atoms with Crippen molar-refractivity contribution >= 4 is 16.9 Å². The van der Waals surface area contributed by atoms with Gasteiger partial charge in [0.2, 0.25) is 0 Å². The molecule has 8 heteroatoms. The van der Waals surface area contributed by atoms with Crippen LogP contribution in [-0.2, 0) is 13.7 Å². The summed E-state index contributed by atoms with van der Waals surface area (Å²) < 4.78 is 8.16. The fourth-order valence-corrected chi connectivity index (χ4v) is 2.69. The first-order chi connectivity index (χ1) is 11.1. The standard InChI is InChI=1S/C15H15N5O2S/c1-10(2)11-5-4-6-13(20-15(21)19(3)17-18-20)12(11)9-22-14-16-7-8-23-14/h4-8H,1,9H2,2-3H3. The molecule has 0 saturated carbocycles. The molecule has 1 aromatic carbocycles. The zero-order valence-corrected chi connectivity index (χ0v) is 13.6. The van der Waals surface area contributed by atoms with Gasteiger partial charge in [0.15, 0.2) is 0 Å². The second kappa shape index (κ2) is 6.17. The first kappa shape index (κ1) is 15.2. The number of aromatic nitrogens is 5. The lowest BCUT2D eigenvalue weighted by atomic mass is 10.0. The number of hydrogen-bond acceptors (Lipinski definition) is 6. The van der Waals surface area contributed by atoms with Crippen LogP contribution in [-0.4, -0.2) is 24.8 Å². The molecule has 0 fully saturated rings. The van der Waals surface area contributed by atoms with Crippen LogP contribution in [0.2, 0.25) is 0 Å². The molecule has 0 aliphatic carbocycles. The van der Waals surface area contributed by atoms with Gasteiger partial charge >= 0.3 is 5.69 Å². The summed E-state index contributed by atoms with van der Waals surface area (Å²) in [4.78, 5) is 16.3. The molecule has 0 atom stereocenters. The molecule has 0 amide bonds. The molecule has 0 saturated heterocycles. The molecule has 0 unspecified atom stereocenters. The van der Waals surface area contributed by atoms with Crippen molar-refractivity contribution in [2.45, 2.75) is 13.5 Å². The van der Waals surface area contributed by atoms with Crippen molar-refractivity contribution in [2.75, 3.05) is 0 Å². The number of benzene rings is 1. The minimum absolute atomic E-state index is 0.259. The first-order valence-corrected chi connectivity index (χ1v) is 7.75. The van der Waals surface area contributed by atoms with Crippen LogP contribution in [0, 0.1) is 0 Å². The maximum atomic E-state index is 12.2. The molecular weight excluding hydrogens is 314 g/mol. The smallest absolute Gasteiger partial charge is 0.368 e. The van der Waals surface area contributed by atoms with E-state index in [1.807, 2.05) is 30.5 Å². The van der Waals surface area contributed by atoms with E-state index in [2.05, 4.69) is 22.0 Å². The highest BCUT2D eigenvalue weighted by Crippen LogP contribution is 2.25. The van der Waals surface area contributed by atoms with Crippen molar-refractivity contribution in [3.63, 3.8) is 0 Å². The highest BCUT2D eigenvalue weighted by molar-refractivity contribution is 7.11. The van der Waals surface area contributed by atoms with Crippen molar-refractivity contribution in [3.05, 3.63) is 58.0 Å². The molecule has 118 valence electrons. The number of allylic oxidation sites excluding steroid dienone is 1. The molecule has 7 nitrogen and oxygen atoms in total. The SMILES string of the molecule is C=C(C)c1cccc(-n2nnn(C)c2=O)c1COc1nccs1. The average molecular weight is 329 g/mol. The lowest BCUT2D eigenvalue weighted by molar-refractivity contribution is 0.303. The number of rotatable bonds is 5. The fraction of sp³-hybridized carbons (Fsp3) is 0.200. The quantitative estimate of drug-likeness (QED) is 0.716. The minimum atomic E-state index is -0.320. The van der Waals surface area contributed by atoms with E-state index in [1.165, 1.54) is 20.7 Å². The third kappa shape index (κ3) is 2.93. The Balaban J connectivity index is 2.08.